The van der Waals surface area contributed by atoms with Crippen LogP contribution in [0, 0.1) is 6.92 Å². The number of likely N-dealkylation sites (N-methyl/N-ethyl adjacent to an activating group) is 1. The van der Waals surface area contributed by atoms with E-state index in [-0.39, 0.29) is 24.5 Å². The maximum atomic E-state index is 13.7. The van der Waals surface area contributed by atoms with Gasteiger partial charge >= 0.3 is 12.0 Å². The van der Waals surface area contributed by atoms with E-state index in [4.69, 9.17) is 14.2 Å². The molecule has 3 aromatic rings. The van der Waals surface area contributed by atoms with E-state index in [1.54, 1.807) is 29.2 Å². The van der Waals surface area contributed by atoms with Gasteiger partial charge in [0.15, 0.2) is 11.5 Å². The van der Waals surface area contributed by atoms with Gasteiger partial charge in [-0.1, -0.05) is 24.3 Å². The van der Waals surface area contributed by atoms with Gasteiger partial charge in [-0.2, -0.15) is 0 Å². The van der Waals surface area contributed by atoms with Gasteiger partial charge < -0.3 is 39.8 Å². The molecule has 1 fully saturated rings. The van der Waals surface area contributed by atoms with E-state index in [9.17, 15) is 19.5 Å². The SMILES string of the molecule is COc1cc(CC(=O)N(CCOc2ccc(C(=O)O)cc2OC)CCN2CCN(C)CC2)ccc1NC(=O)Nc1ccccc1C. The number of carboxylic acid groups (broad SMARTS) is 1. The molecular formula is C34H43N5O7. The Kier molecular flexibility index (Phi) is 12.2. The number of ether oxygens (including phenoxy) is 3. The Labute approximate surface area is 269 Å². The van der Waals surface area contributed by atoms with Gasteiger partial charge in [-0.05, 0) is 61.5 Å². The van der Waals surface area contributed by atoms with E-state index in [1.807, 2.05) is 31.2 Å². The van der Waals surface area contributed by atoms with Crippen LogP contribution in [0.5, 0.6) is 17.2 Å². The average molecular weight is 634 g/mol. The molecule has 1 saturated heterocycles. The van der Waals surface area contributed by atoms with Gasteiger partial charge in [-0.25, -0.2) is 9.59 Å². The molecule has 0 bridgehead atoms. The zero-order valence-corrected chi connectivity index (χ0v) is 26.9. The minimum absolute atomic E-state index is 0.0778. The second-order valence-corrected chi connectivity index (χ2v) is 11.2. The molecule has 0 saturated carbocycles. The number of urea groups is 1. The highest BCUT2D eigenvalue weighted by atomic mass is 16.5. The Bertz CT molecular complexity index is 1510. The van der Waals surface area contributed by atoms with Crippen molar-refractivity contribution in [1.82, 2.24) is 14.7 Å². The van der Waals surface area contributed by atoms with Crippen molar-refractivity contribution in [3.05, 3.63) is 77.4 Å². The average Bonchev–Trinajstić information content (AvgIpc) is 3.05. The minimum Gasteiger partial charge on any atom is -0.495 e. The minimum atomic E-state index is -1.06. The number of benzene rings is 3. The molecule has 12 heteroatoms. The Hall–Kier alpha value is -4.81. The number of nitrogens with one attached hydrogen (secondary N) is 2. The molecule has 0 unspecified atom stereocenters. The molecule has 0 spiro atoms. The first kappa shape index (κ1) is 34.1. The molecule has 4 rings (SSSR count). The summed E-state index contributed by atoms with van der Waals surface area (Å²) in [5, 5.41) is 14.9. The largest absolute Gasteiger partial charge is 0.495 e. The number of para-hydroxylation sites is 1. The van der Waals surface area contributed by atoms with E-state index >= 15 is 0 Å². The second-order valence-electron chi connectivity index (χ2n) is 11.2. The summed E-state index contributed by atoms with van der Waals surface area (Å²) in [4.78, 5) is 44.1. The van der Waals surface area contributed by atoms with Crippen molar-refractivity contribution >= 4 is 29.3 Å². The van der Waals surface area contributed by atoms with Crippen LogP contribution < -0.4 is 24.8 Å². The van der Waals surface area contributed by atoms with Crippen molar-refractivity contribution in [2.24, 2.45) is 0 Å². The van der Waals surface area contributed by atoms with Gasteiger partial charge in [0, 0.05) is 45.0 Å². The first-order chi connectivity index (χ1) is 22.2. The zero-order chi connectivity index (χ0) is 33.1. The molecule has 1 aliphatic rings. The van der Waals surface area contributed by atoms with Crippen LogP contribution in [0.3, 0.4) is 0 Å². The molecule has 0 radical (unpaired) electrons. The number of amides is 3. The van der Waals surface area contributed by atoms with Gasteiger partial charge in [-0.15, -0.1) is 0 Å². The van der Waals surface area contributed by atoms with Crippen LogP contribution in [0.15, 0.2) is 60.7 Å². The third-order valence-electron chi connectivity index (χ3n) is 7.93. The summed E-state index contributed by atoms with van der Waals surface area (Å²) >= 11 is 0. The summed E-state index contributed by atoms with van der Waals surface area (Å²) in [7, 11) is 5.07. The number of carboxylic acids is 1. The van der Waals surface area contributed by atoms with Crippen molar-refractivity contribution in [1.29, 1.82) is 0 Å². The molecule has 3 N–H and O–H groups in total. The highest BCUT2D eigenvalue weighted by Gasteiger charge is 2.20. The second kappa shape index (κ2) is 16.5. The van der Waals surface area contributed by atoms with Gasteiger partial charge in [0.2, 0.25) is 5.91 Å². The fraction of sp³-hybridized carbons (Fsp3) is 0.382. The maximum Gasteiger partial charge on any atom is 0.335 e. The van der Waals surface area contributed by atoms with Crippen LogP contribution >= 0.6 is 0 Å². The van der Waals surface area contributed by atoms with E-state index < -0.39 is 12.0 Å². The van der Waals surface area contributed by atoms with E-state index in [0.717, 1.165) is 43.9 Å². The molecule has 46 heavy (non-hydrogen) atoms. The monoisotopic (exact) mass is 633 g/mol. The highest BCUT2D eigenvalue weighted by molar-refractivity contribution is 6.01. The maximum absolute atomic E-state index is 13.7. The fourth-order valence-corrected chi connectivity index (χ4v) is 5.10. The molecule has 0 aromatic heterocycles. The molecule has 3 amide bonds. The number of hydrogen-bond acceptors (Lipinski definition) is 8. The van der Waals surface area contributed by atoms with E-state index in [1.165, 1.54) is 26.4 Å². The molecule has 0 aliphatic carbocycles. The number of hydrogen-bond donors (Lipinski definition) is 3. The van der Waals surface area contributed by atoms with Gasteiger partial charge in [0.05, 0.1) is 38.4 Å². The van der Waals surface area contributed by atoms with Crippen LogP contribution in [-0.4, -0.2) is 111 Å². The van der Waals surface area contributed by atoms with Crippen LogP contribution in [-0.2, 0) is 11.2 Å². The number of carbonyl (C=O) groups excluding carboxylic acids is 2. The summed E-state index contributed by atoms with van der Waals surface area (Å²) < 4.78 is 16.8. The summed E-state index contributed by atoms with van der Waals surface area (Å²) in [5.41, 5.74) is 2.96. The summed E-state index contributed by atoms with van der Waals surface area (Å²) in [6.07, 6.45) is 0.130. The van der Waals surface area contributed by atoms with E-state index in [2.05, 4.69) is 27.5 Å². The number of piperazine rings is 1. The molecular weight excluding hydrogens is 590 g/mol. The Morgan fingerprint density at radius 1 is 0.848 bits per heavy atom. The van der Waals surface area contributed by atoms with Crippen molar-refractivity contribution in [3.8, 4) is 17.2 Å². The lowest BCUT2D eigenvalue weighted by molar-refractivity contribution is -0.131. The third-order valence-corrected chi connectivity index (χ3v) is 7.93. The van der Waals surface area contributed by atoms with Crippen LogP contribution in [0.25, 0.3) is 0 Å². The predicted molar refractivity (Wildman–Crippen MR) is 176 cm³/mol. The first-order valence-corrected chi connectivity index (χ1v) is 15.2. The third kappa shape index (κ3) is 9.59. The predicted octanol–water partition coefficient (Wildman–Crippen LogP) is 4.05. The Morgan fingerprint density at radius 3 is 2.26 bits per heavy atom. The quantitative estimate of drug-likeness (QED) is 0.241. The summed E-state index contributed by atoms with van der Waals surface area (Å²) in [6.45, 7) is 7.52. The smallest absolute Gasteiger partial charge is 0.335 e. The van der Waals surface area contributed by atoms with Crippen LogP contribution in [0.2, 0.25) is 0 Å². The molecule has 1 heterocycles. The number of methoxy groups -OCH3 is 2. The lowest BCUT2D eigenvalue weighted by Crippen LogP contribution is -2.48. The van der Waals surface area contributed by atoms with Crippen molar-refractivity contribution in [2.75, 3.05) is 84.3 Å². The fourth-order valence-electron chi connectivity index (χ4n) is 5.10. The number of nitrogens with zero attached hydrogens (tertiary/aromatic N) is 3. The van der Waals surface area contributed by atoms with Crippen LogP contribution in [0.4, 0.5) is 16.2 Å². The normalized spacial score (nSPS) is 13.5. The zero-order valence-electron chi connectivity index (χ0n) is 26.9. The molecule has 3 aromatic carbocycles. The number of aryl methyl sites for hydroxylation is 1. The highest BCUT2D eigenvalue weighted by Crippen LogP contribution is 2.29. The Morgan fingerprint density at radius 2 is 1.57 bits per heavy atom. The van der Waals surface area contributed by atoms with Crippen molar-refractivity contribution in [3.63, 3.8) is 0 Å². The van der Waals surface area contributed by atoms with Gasteiger partial charge in [0.1, 0.15) is 12.4 Å². The molecule has 0 atom stereocenters. The van der Waals surface area contributed by atoms with Crippen molar-refractivity contribution < 1.29 is 33.7 Å². The van der Waals surface area contributed by atoms with Crippen LogP contribution in [0.1, 0.15) is 21.5 Å². The number of anilines is 2. The van der Waals surface area contributed by atoms with Gasteiger partial charge in [-0.3, -0.25) is 9.69 Å². The lowest BCUT2D eigenvalue weighted by atomic mass is 10.1. The Balaban J connectivity index is 1.41. The molecule has 246 valence electrons. The van der Waals surface area contributed by atoms with Gasteiger partial charge in [0.25, 0.3) is 0 Å². The number of aromatic carboxylic acids is 1. The van der Waals surface area contributed by atoms with Crippen molar-refractivity contribution in [2.45, 2.75) is 13.3 Å². The topological polar surface area (TPSA) is 133 Å². The molecule has 12 nitrogen and oxygen atoms in total. The summed E-state index contributed by atoms with van der Waals surface area (Å²) in [5.74, 6) is 0.0128. The van der Waals surface area contributed by atoms with E-state index in [0.29, 0.717) is 41.7 Å². The first-order valence-electron chi connectivity index (χ1n) is 15.2. The summed E-state index contributed by atoms with van der Waals surface area (Å²) in [6, 6.07) is 16.8. The lowest BCUT2D eigenvalue weighted by Gasteiger charge is -2.34. The number of rotatable bonds is 14. The number of carbonyl (C=O) groups is 3. The standard InChI is InChI=1S/C34H43N5O7/c1-24-7-5-6-8-27(24)35-34(43)36-28-11-9-25(21-30(28)44-3)22-32(40)39(18-17-38-15-13-37(2)14-16-38)19-20-46-29-12-10-26(33(41)42)23-31(29)45-4/h5-12,21,23H,13-20,22H2,1-4H3,(H,41,42)(H2,35,36,43). The molecule has 1 aliphatic heterocycles.